The molecule has 2 atom stereocenters. The van der Waals surface area contributed by atoms with Crippen LogP contribution in [0.2, 0.25) is 0 Å². The van der Waals surface area contributed by atoms with E-state index in [-0.39, 0.29) is 5.92 Å². The second-order valence-electron chi connectivity index (χ2n) is 6.17. The minimum Gasteiger partial charge on any atom is -0.481 e. The maximum atomic E-state index is 12.1. The number of carbonyl (C=O) groups is 3. The first kappa shape index (κ1) is 20.3. The average Bonchev–Trinajstić information content (AvgIpc) is 2.53. The first-order chi connectivity index (χ1) is 11.6. The van der Waals surface area contributed by atoms with Gasteiger partial charge >= 0.3 is 6.03 Å². The molecule has 0 heterocycles. The highest BCUT2D eigenvalue weighted by Gasteiger charge is 2.24. The maximum absolute atomic E-state index is 12.1. The highest BCUT2D eigenvalue weighted by molar-refractivity contribution is 5.89. The van der Waals surface area contributed by atoms with Crippen molar-refractivity contribution in [2.75, 3.05) is 0 Å². The van der Waals surface area contributed by atoms with Crippen molar-refractivity contribution in [3.63, 3.8) is 0 Å². The van der Waals surface area contributed by atoms with Crippen LogP contribution in [0, 0.1) is 19.8 Å². The number of primary amides is 1. The van der Waals surface area contributed by atoms with Crippen LogP contribution in [0.15, 0.2) is 18.2 Å². The number of ether oxygens (including phenoxy) is 1. The number of nitrogens with one attached hydrogen (secondary N) is 3. The zero-order valence-corrected chi connectivity index (χ0v) is 15.2. The summed E-state index contributed by atoms with van der Waals surface area (Å²) in [7, 11) is 0. The van der Waals surface area contributed by atoms with Gasteiger partial charge in [0.15, 0.2) is 6.10 Å². The normalized spacial score (nSPS) is 12.9. The van der Waals surface area contributed by atoms with Gasteiger partial charge in [0.05, 0.1) is 0 Å². The SMILES string of the molecule is Cc1cccc(O[C@@H](C)C(=O)NNC(=O)[C@@H](NC(N)=O)C(C)C)c1C. The van der Waals surface area contributed by atoms with Gasteiger partial charge in [0.2, 0.25) is 0 Å². The molecule has 8 heteroatoms. The molecule has 0 saturated heterocycles. The van der Waals surface area contributed by atoms with Crippen molar-refractivity contribution in [2.45, 2.75) is 46.8 Å². The third-order valence-corrected chi connectivity index (χ3v) is 3.78. The summed E-state index contributed by atoms with van der Waals surface area (Å²) in [5.74, 6) is -0.686. The molecule has 1 aromatic rings. The molecule has 0 spiro atoms. The number of nitrogens with two attached hydrogens (primary N) is 1. The van der Waals surface area contributed by atoms with Gasteiger partial charge in [0.1, 0.15) is 11.8 Å². The Balaban J connectivity index is 2.61. The summed E-state index contributed by atoms with van der Waals surface area (Å²) in [6.07, 6.45) is -0.817. The van der Waals surface area contributed by atoms with Gasteiger partial charge in [-0.1, -0.05) is 26.0 Å². The molecule has 1 rings (SSSR count). The third-order valence-electron chi connectivity index (χ3n) is 3.78. The van der Waals surface area contributed by atoms with E-state index in [0.29, 0.717) is 5.75 Å². The smallest absolute Gasteiger partial charge is 0.312 e. The van der Waals surface area contributed by atoms with Gasteiger partial charge < -0.3 is 15.8 Å². The maximum Gasteiger partial charge on any atom is 0.312 e. The van der Waals surface area contributed by atoms with Crippen LogP contribution in [-0.4, -0.2) is 30.0 Å². The Bertz CT molecular complexity index is 646. The number of benzene rings is 1. The molecule has 25 heavy (non-hydrogen) atoms. The van der Waals surface area contributed by atoms with Crippen molar-refractivity contribution in [3.05, 3.63) is 29.3 Å². The average molecular weight is 350 g/mol. The van der Waals surface area contributed by atoms with Crippen molar-refractivity contribution in [1.82, 2.24) is 16.2 Å². The van der Waals surface area contributed by atoms with Crippen LogP contribution in [0.25, 0.3) is 0 Å². The molecule has 5 N–H and O–H groups in total. The van der Waals surface area contributed by atoms with E-state index in [1.807, 2.05) is 26.0 Å². The Morgan fingerprint density at radius 3 is 2.20 bits per heavy atom. The minimum absolute atomic E-state index is 0.201. The molecule has 8 nitrogen and oxygen atoms in total. The van der Waals surface area contributed by atoms with E-state index in [1.165, 1.54) is 0 Å². The third kappa shape index (κ3) is 5.98. The number of urea groups is 1. The molecule has 0 bridgehead atoms. The van der Waals surface area contributed by atoms with E-state index in [0.717, 1.165) is 11.1 Å². The molecule has 0 aliphatic heterocycles. The zero-order chi connectivity index (χ0) is 19.1. The number of amides is 4. The van der Waals surface area contributed by atoms with E-state index in [1.54, 1.807) is 26.8 Å². The van der Waals surface area contributed by atoms with E-state index < -0.39 is 30.0 Å². The van der Waals surface area contributed by atoms with Gasteiger partial charge in [-0.25, -0.2) is 4.79 Å². The Morgan fingerprint density at radius 2 is 1.64 bits per heavy atom. The summed E-state index contributed by atoms with van der Waals surface area (Å²) < 4.78 is 5.64. The predicted molar refractivity (Wildman–Crippen MR) is 93.6 cm³/mol. The van der Waals surface area contributed by atoms with E-state index in [4.69, 9.17) is 10.5 Å². The molecule has 138 valence electrons. The largest absolute Gasteiger partial charge is 0.481 e. The lowest BCUT2D eigenvalue weighted by Crippen LogP contribution is -2.56. The fourth-order valence-electron chi connectivity index (χ4n) is 2.09. The van der Waals surface area contributed by atoms with Crippen molar-refractivity contribution >= 4 is 17.8 Å². The Labute approximate surface area is 147 Å². The number of carbonyl (C=O) groups excluding carboxylic acids is 3. The first-order valence-corrected chi connectivity index (χ1v) is 8.02. The summed E-state index contributed by atoms with van der Waals surface area (Å²) in [5.41, 5.74) is 11.6. The van der Waals surface area contributed by atoms with Gasteiger partial charge in [-0.05, 0) is 43.9 Å². The van der Waals surface area contributed by atoms with E-state index in [2.05, 4.69) is 16.2 Å². The second kappa shape index (κ2) is 8.91. The number of hydrogen-bond acceptors (Lipinski definition) is 4. The van der Waals surface area contributed by atoms with Crippen LogP contribution in [-0.2, 0) is 9.59 Å². The molecule has 0 unspecified atom stereocenters. The van der Waals surface area contributed by atoms with Crippen LogP contribution in [0.5, 0.6) is 5.75 Å². The molecule has 0 radical (unpaired) electrons. The van der Waals surface area contributed by atoms with Gasteiger partial charge in [-0.2, -0.15) is 0 Å². The molecule has 1 aromatic carbocycles. The Hall–Kier alpha value is -2.77. The van der Waals surface area contributed by atoms with Crippen molar-refractivity contribution in [3.8, 4) is 5.75 Å². The highest BCUT2D eigenvalue weighted by Crippen LogP contribution is 2.21. The lowest BCUT2D eigenvalue weighted by molar-refractivity contribution is -0.133. The predicted octanol–water partition coefficient (Wildman–Crippen LogP) is 0.911. The molecule has 4 amide bonds. The minimum atomic E-state index is -0.854. The Morgan fingerprint density at radius 1 is 1.04 bits per heavy atom. The summed E-state index contributed by atoms with van der Waals surface area (Å²) in [5, 5.41) is 2.33. The van der Waals surface area contributed by atoms with Crippen LogP contribution < -0.4 is 26.6 Å². The Kier molecular flexibility index (Phi) is 7.22. The summed E-state index contributed by atoms with van der Waals surface area (Å²) in [6, 6.07) is 3.90. The standard InChI is InChI=1S/C17H26N4O4/c1-9(2)14(19-17(18)24)16(23)21-20-15(22)12(5)25-13-8-6-7-10(3)11(13)4/h6-9,12,14H,1-5H3,(H,20,22)(H,21,23)(H3,18,19,24)/t12-,14-/m0/s1. The fraction of sp³-hybridized carbons (Fsp3) is 0.471. The molecule has 0 aromatic heterocycles. The van der Waals surface area contributed by atoms with Gasteiger partial charge in [0.25, 0.3) is 11.8 Å². The number of aryl methyl sites for hydroxylation is 1. The van der Waals surface area contributed by atoms with E-state index >= 15 is 0 Å². The topological polar surface area (TPSA) is 123 Å². The first-order valence-electron chi connectivity index (χ1n) is 8.02. The number of hydrazine groups is 1. The zero-order valence-electron chi connectivity index (χ0n) is 15.2. The molecule has 0 aliphatic rings. The molecular weight excluding hydrogens is 324 g/mol. The van der Waals surface area contributed by atoms with Crippen LogP contribution >= 0.6 is 0 Å². The molecule has 0 aliphatic carbocycles. The number of hydrogen-bond donors (Lipinski definition) is 4. The monoisotopic (exact) mass is 350 g/mol. The quantitative estimate of drug-likeness (QED) is 0.570. The summed E-state index contributed by atoms with van der Waals surface area (Å²) >= 11 is 0. The van der Waals surface area contributed by atoms with E-state index in [9.17, 15) is 14.4 Å². The summed E-state index contributed by atoms with van der Waals surface area (Å²) in [4.78, 5) is 35.1. The molecular formula is C17H26N4O4. The highest BCUT2D eigenvalue weighted by atomic mass is 16.5. The van der Waals surface area contributed by atoms with Gasteiger partial charge in [-0.15, -0.1) is 0 Å². The van der Waals surface area contributed by atoms with Crippen molar-refractivity contribution in [1.29, 1.82) is 0 Å². The lowest BCUT2D eigenvalue weighted by Gasteiger charge is -2.22. The number of rotatable bonds is 6. The molecule has 0 saturated carbocycles. The van der Waals surface area contributed by atoms with Crippen LogP contribution in [0.1, 0.15) is 31.9 Å². The van der Waals surface area contributed by atoms with Crippen LogP contribution in [0.3, 0.4) is 0 Å². The van der Waals surface area contributed by atoms with Gasteiger partial charge in [-0.3, -0.25) is 20.4 Å². The van der Waals surface area contributed by atoms with Crippen molar-refractivity contribution in [2.24, 2.45) is 11.7 Å². The molecule has 0 fully saturated rings. The van der Waals surface area contributed by atoms with Crippen molar-refractivity contribution < 1.29 is 19.1 Å². The fourth-order valence-corrected chi connectivity index (χ4v) is 2.09. The lowest BCUT2D eigenvalue weighted by atomic mass is 10.0. The summed E-state index contributed by atoms with van der Waals surface area (Å²) in [6.45, 7) is 8.91. The second-order valence-corrected chi connectivity index (χ2v) is 6.17. The van der Waals surface area contributed by atoms with Crippen LogP contribution in [0.4, 0.5) is 4.79 Å². The van der Waals surface area contributed by atoms with Gasteiger partial charge in [0, 0.05) is 0 Å².